The summed E-state index contributed by atoms with van der Waals surface area (Å²) in [5.74, 6) is -0.776. The lowest BCUT2D eigenvalue weighted by Gasteiger charge is -2.03. The Labute approximate surface area is 82.4 Å². The van der Waals surface area contributed by atoms with Gasteiger partial charge in [0, 0.05) is 13.0 Å². The van der Waals surface area contributed by atoms with Crippen LogP contribution < -0.4 is 11.1 Å². The largest absolute Gasteiger partial charge is 0.481 e. The third kappa shape index (κ3) is 10.7. The summed E-state index contributed by atoms with van der Waals surface area (Å²) in [6.45, 7) is 1.50. The number of nitrogens with one attached hydrogen (secondary N) is 1. The van der Waals surface area contributed by atoms with E-state index in [4.69, 9.17) is 10.8 Å². The van der Waals surface area contributed by atoms with E-state index < -0.39 is 12.1 Å². The molecule has 0 radical (unpaired) electrons. The molecule has 6 heteroatoms. The molecule has 0 saturated carbocycles. The number of unbranched alkanes of at least 4 members (excludes halogenated alkanes) is 1. The number of aliphatic carboxylic acids is 1. The second-order valence-corrected chi connectivity index (χ2v) is 2.77. The molecule has 0 aliphatic heterocycles. The van der Waals surface area contributed by atoms with Gasteiger partial charge in [0.1, 0.15) is 6.61 Å². The molecular weight excluding hydrogens is 188 g/mol. The van der Waals surface area contributed by atoms with Crippen molar-refractivity contribution in [3.63, 3.8) is 0 Å². The van der Waals surface area contributed by atoms with Gasteiger partial charge in [-0.25, -0.2) is 4.79 Å². The van der Waals surface area contributed by atoms with Crippen molar-refractivity contribution in [2.75, 3.05) is 19.7 Å². The van der Waals surface area contributed by atoms with Crippen molar-refractivity contribution >= 4 is 12.1 Å². The zero-order valence-corrected chi connectivity index (χ0v) is 7.99. The van der Waals surface area contributed by atoms with Crippen molar-refractivity contribution in [1.29, 1.82) is 0 Å². The van der Waals surface area contributed by atoms with E-state index in [0.717, 1.165) is 13.0 Å². The molecule has 0 atom stereocenters. The fourth-order valence-corrected chi connectivity index (χ4v) is 0.875. The minimum Gasteiger partial charge on any atom is -0.481 e. The topological polar surface area (TPSA) is 102 Å². The number of hydrogen-bond acceptors (Lipinski definition) is 4. The van der Waals surface area contributed by atoms with Gasteiger partial charge >= 0.3 is 12.1 Å². The molecule has 4 N–H and O–H groups in total. The predicted octanol–water partition coefficient (Wildman–Crippen LogP) is -0.0738. The summed E-state index contributed by atoms with van der Waals surface area (Å²) < 4.78 is 4.47. The van der Waals surface area contributed by atoms with Gasteiger partial charge in [-0.1, -0.05) is 0 Å². The minimum absolute atomic E-state index is 0.194. The van der Waals surface area contributed by atoms with Gasteiger partial charge in [-0.2, -0.15) is 0 Å². The number of nitrogens with two attached hydrogens (primary N) is 1. The number of primary amides is 1. The van der Waals surface area contributed by atoms with Crippen LogP contribution >= 0.6 is 0 Å². The molecule has 0 unspecified atom stereocenters. The molecule has 0 saturated heterocycles. The second-order valence-electron chi connectivity index (χ2n) is 2.77. The summed E-state index contributed by atoms with van der Waals surface area (Å²) in [6.07, 6.45) is 0.860. The van der Waals surface area contributed by atoms with E-state index in [2.05, 4.69) is 10.1 Å². The Hall–Kier alpha value is -1.30. The van der Waals surface area contributed by atoms with Gasteiger partial charge in [0.05, 0.1) is 0 Å². The summed E-state index contributed by atoms with van der Waals surface area (Å²) in [5, 5.41) is 11.3. The maximum Gasteiger partial charge on any atom is 0.404 e. The molecule has 0 aromatic rings. The standard InChI is InChI=1S/C8H16N2O4/c9-8(13)14-6-5-10-4-2-1-3-7(11)12/h10H,1-6H2,(H2,9,13)(H,11,12). The lowest BCUT2D eigenvalue weighted by molar-refractivity contribution is -0.137. The molecule has 0 bridgehead atoms. The first-order valence-corrected chi connectivity index (χ1v) is 4.47. The van der Waals surface area contributed by atoms with Crippen molar-refractivity contribution < 1.29 is 19.4 Å². The quantitative estimate of drug-likeness (QED) is 0.480. The van der Waals surface area contributed by atoms with Crippen LogP contribution in [0, 0.1) is 0 Å². The number of carboxylic acids is 1. The van der Waals surface area contributed by atoms with Crippen LogP contribution in [-0.2, 0) is 9.53 Å². The Kier molecular flexibility index (Phi) is 7.53. The number of carbonyl (C=O) groups excluding carboxylic acids is 1. The number of ether oxygens (including phenoxy) is 1. The molecule has 14 heavy (non-hydrogen) atoms. The fraction of sp³-hybridized carbons (Fsp3) is 0.750. The fourth-order valence-electron chi connectivity index (χ4n) is 0.875. The van der Waals surface area contributed by atoms with E-state index in [1.165, 1.54) is 0 Å². The Morgan fingerprint density at radius 1 is 1.29 bits per heavy atom. The highest BCUT2D eigenvalue weighted by Gasteiger charge is 1.96. The van der Waals surface area contributed by atoms with Gasteiger partial charge in [-0.15, -0.1) is 0 Å². The van der Waals surface area contributed by atoms with Gasteiger partial charge in [0.15, 0.2) is 0 Å². The minimum atomic E-state index is -0.780. The normalized spacial score (nSPS) is 9.71. The first kappa shape index (κ1) is 12.7. The number of carbonyl (C=O) groups is 2. The molecule has 0 fully saturated rings. The van der Waals surface area contributed by atoms with Crippen LogP contribution in [0.5, 0.6) is 0 Å². The summed E-state index contributed by atoms with van der Waals surface area (Å²) in [5.41, 5.74) is 4.73. The monoisotopic (exact) mass is 204 g/mol. The average molecular weight is 204 g/mol. The highest BCUT2D eigenvalue weighted by molar-refractivity contribution is 5.66. The molecule has 0 heterocycles. The first-order chi connectivity index (χ1) is 6.63. The van der Waals surface area contributed by atoms with Crippen LogP contribution in [0.25, 0.3) is 0 Å². The number of carboxylic acid groups (broad SMARTS) is 1. The summed E-state index contributed by atoms with van der Waals surface area (Å²) >= 11 is 0. The molecule has 1 amide bonds. The SMILES string of the molecule is NC(=O)OCCNCCCCC(=O)O. The van der Waals surface area contributed by atoms with Crippen LogP contribution in [0.2, 0.25) is 0 Å². The van der Waals surface area contributed by atoms with E-state index in [1.807, 2.05) is 0 Å². The molecule has 82 valence electrons. The molecule has 0 rings (SSSR count). The van der Waals surface area contributed by atoms with E-state index in [-0.39, 0.29) is 13.0 Å². The zero-order valence-electron chi connectivity index (χ0n) is 7.99. The van der Waals surface area contributed by atoms with Crippen LogP contribution in [0.1, 0.15) is 19.3 Å². The predicted molar refractivity (Wildman–Crippen MR) is 49.9 cm³/mol. The molecule has 6 nitrogen and oxygen atoms in total. The van der Waals surface area contributed by atoms with Crippen molar-refractivity contribution in [1.82, 2.24) is 5.32 Å². The molecule has 0 spiro atoms. The third-order valence-corrected chi connectivity index (χ3v) is 1.52. The highest BCUT2D eigenvalue weighted by atomic mass is 16.5. The Morgan fingerprint density at radius 3 is 2.57 bits per heavy atom. The Morgan fingerprint density at radius 2 is 2.00 bits per heavy atom. The highest BCUT2D eigenvalue weighted by Crippen LogP contribution is 1.92. The number of rotatable bonds is 8. The Balaban J connectivity index is 2.99. The van der Waals surface area contributed by atoms with E-state index >= 15 is 0 Å². The van der Waals surface area contributed by atoms with Gasteiger partial charge in [-0.05, 0) is 19.4 Å². The van der Waals surface area contributed by atoms with E-state index in [9.17, 15) is 9.59 Å². The van der Waals surface area contributed by atoms with Crippen LogP contribution in [0.4, 0.5) is 4.79 Å². The lowest BCUT2D eigenvalue weighted by Crippen LogP contribution is -2.24. The third-order valence-electron chi connectivity index (χ3n) is 1.52. The zero-order chi connectivity index (χ0) is 10.8. The maximum absolute atomic E-state index is 10.1. The number of amides is 1. The molecule has 0 aromatic heterocycles. The van der Waals surface area contributed by atoms with E-state index in [1.54, 1.807) is 0 Å². The second kappa shape index (κ2) is 8.31. The Bertz CT molecular complexity index is 164. The van der Waals surface area contributed by atoms with Crippen molar-refractivity contribution in [3.8, 4) is 0 Å². The van der Waals surface area contributed by atoms with Crippen LogP contribution in [0.15, 0.2) is 0 Å². The van der Waals surface area contributed by atoms with Crippen molar-refractivity contribution in [2.45, 2.75) is 19.3 Å². The number of hydrogen-bond donors (Lipinski definition) is 3. The molecule has 0 aliphatic carbocycles. The molecule has 0 aromatic carbocycles. The average Bonchev–Trinajstić information content (AvgIpc) is 2.08. The van der Waals surface area contributed by atoms with Crippen LogP contribution in [-0.4, -0.2) is 36.9 Å². The first-order valence-electron chi connectivity index (χ1n) is 4.47. The van der Waals surface area contributed by atoms with Crippen molar-refractivity contribution in [3.05, 3.63) is 0 Å². The van der Waals surface area contributed by atoms with Gasteiger partial charge in [0.25, 0.3) is 0 Å². The summed E-state index contributed by atoms with van der Waals surface area (Å²) in [4.78, 5) is 20.2. The van der Waals surface area contributed by atoms with E-state index in [0.29, 0.717) is 13.0 Å². The lowest BCUT2D eigenvalue weighted by atomic mass is 10.2. The van der Waals surface area contributed by atoms with Crippen LogP contribution in [0.3, 0.4) is 0 Å². The van der Waals surface area contributed by atoms with Crippen molar-refractivity contribution in [2.24, 2.45) is 5.73 Å². The van der Waals surface area contributed by atoms with Gasteiger partial charge < -0.3 is 20.9 Å². The molecular formula is C8H16N2O4. The summed E-state index contributed by atoms with van der Waals surface area (Å²) in [7, 11) is 0. The maximum atomic E-state index is 10.1. The van der Waals surface area contributed by atoms with Gasteiger partial charge in [0.2, 0.25) is 0 Å². The summed E-state index contributed by atoms with van der Waals surface area (Å²) in [6, 6.07) is 0. The smallest absolute Gasteiger partial charge is 0.404 e. The molecule has 0 aliphatic rings. The van der Waals surface area contributed by atoms with Gasteiger partial charge in [-0.3, -0.25) is 4.79 Å².